The lowest BCUT2D eigenvalue weighted by Crippen LogP contribution is -2.46. The number of amides is 2. The largest absolute Gasteiger partial charge is 0.335 e. The third-order valence-electron chi connectivity index (χ3n) is 3.82. The Morgan fingerprint density at radius 3 is 2.44 bits per heavy atom. The molecular formula is C15H30N2O. The van der Waals surface area contributed by atoms with Gasteiger partial charge in [-0.3, -0.25) is 0 Å². The van der Waals surface area contributed by atoms with Gasteiger partial charge < -0.3 is 10.6 Å². The van der Waals surface area contributed by atoms with E-state index in [1.165, 1.54) is 32.1 Å². The summed E-state index contributed by atoms with van der Waals surface area (Å²) in [4.78, 5) is 11.9. The van der Waals surface area contributed by atoms with Crippen LogP contribution in [0.5, 0.6) is 0 Å². The molecule has 1 saturated carbocycles. The summed E-state index contributed by atoms with van der Waals surface area (Å²) in [7, 11) is 0. The van der Waals surface area contributed by atoms with Crippen molar-refractivity contribution in [3.05, 3.63) is 0 Å². The summed E-state index contributed by atoms with van der Waals surface area (Å²) in [6, 6.07) is 0.821. The molecule has 2 N–H and O–H groups in total. The maximum absolute atomic E-state index is 11.9. The molecule has 1 aliphatic carbocycles. The zero-order valence-corrected chi connectivity index (χ0v) is 12.1. The minimum absolute atomic E-state index is 0.0523. The summed E-state index contributed by atoms with van der Waals surface area (Å²) in [5.41, 5.74) is 0. The molecule has 0 radical (unpaired) electrons. The molecule has 1 atom stereocenters. The smallest absolute Gasteiger partial charge is 0.315 e. The highest BCUT2D eigenvalue weighted by molar-refractivity contribution is 5.74. The van der Waals surface area contributed by atoms with Gasteiger partial charge >= 0.3 is 6.03 Å². The second-order valence-corrected chi connectivity index (χ2v) is 5.58. The molecule has 0 aliphatic heterocycles. The number of carbonyl (C=O) groups excluding carboxylic acids is 1. The van der Waals surface area contributed by atoms with Gasteiger partial charge in [0.25, 0.3) is 0 Å². The minimum Gasteiger partial charge on any atom is -0.335 e. The van der Waals surface area contributed by atoms with E-state index in [2.05, 4.69) is 24.5 Å². The molecule has 1 fully saturated rings. The monoisotopic (exact) mass is 254 g/mol. The number of rotatable bonds is 7. The lowest BCUT2D eigenvalue weighted by Gasteiger charge is -2.25. The van der Waals surface area contributed by atoms with Gasteiger partial charge in [0, 0.05) is 12.1 Å². The van der Waals surface area contributed by atoms with Crippen LogP contribution in [0.1, 0.15) is 78.1 Å². The van der Waals surface area contributed by atoms with Gasteiger partial charge in [0.1, 0.15) is 0 Å². The highest BCUT2D eigenvalue weighted by atomic mass is 16.2. The number of hydrogen-bond donors (Lipinski definition) is 2. The van der Waals surface area contributed by atoms with E-state index in [4.69, 9.17) is 0 Å². The third kappa shape index (κ3) is 6.27. The quantitative estimate of drug-likeness (QED) is 0.709. The van der Waals surface area contributed by atoms with Gasteiger partial charge in [-0.2, -0.15) is 0 Å². The van der Waals surface area contributed by atoms with Crippen molar-refractivity contribution >= 4 is 6.03 Å². The molecule has 0 saturated heterocycles. The Hall–Kier alpha value is -0.730. The first kappa shape index (κ1) is 15.3. The number of urea groups is 1. The van der Waals surface area contributed by atoms with Crippen LogP contribution in [0.15, 0.2) is 0 Å². The topological polar surface area (TPSA) is 41.1 Å². The van der Waals surface area contributed by atoms with Gasteiger partial charge in [0.15, 0.2) is 0 Å². The molecule has 0 aromatic heterocycles. The van der Waals surface area contributed by atoms with Crippen molar-refractivity contribution in [3.63, 3.8) is 0 Å². The number of carbonyl (C=O) groups is 1. The Morgan fingerprint density at radius 1 is 1.11 bits per heavy atom. The van der Waals surface area contributed by atoms with Gasteiger partial charge in [-0.05, 0) is 25.7 Å². The Morgan fingerprint density at radius 2 is 1.83 bits per heavy atom. The Labute approximate surface area is 112 Å². The summed E-state index contributed by atoms with van der Waals surface area (Å²) in [6.45, 7) is 4.38. The Bertz CT molecular complexity index is 225. The molecule has 1 unspecified atom stereocenters. The van der Waals surface area contributed by atoms with Gasteiger partial charge in [-0.25, -0.2) is 4.79 Å². The van der Waals surface area contributed by atoms with Gasteiger partial charge in [0.05, 0.1) is 0 Å². The molecule has 18 heavy (non-hydrogen) atoms. The van der Waals surface area contributed by atoms with Gasteiger partial charge in [-0.15, -0.1) is 0 Å². The molecule has 1 rings (SSSR count). The molecule has 3 heteroatoms. The molecule has 0 aromatic carbocycles. The van der Waals surface area contributed by atoms with Crippen LogP contribution in [0.2, 0.25) is 0 Å². The van der Waals surface area contributed by atoms with E-state index in [9.17, 15) is 4.79 Å². The second-order valence-electron chi connectivity index (χ2n) is 5.58. The molecule has 0 spiro atoms. The van der Waals surface area contributed by atoms with E-state index in [0.717, 1.165) is 32.1 Å². The van der Waals surface area contributed by atoms with Crippen molar-refractivity contribution in [1.82, 2.24) is 10.6 Å². The van der Waals surface area contributed by atoms with Crippen LogP contribution < -0.4 is 10.6 Å². The molecule has 0 aromatic rings. The average Bonchev–Trinajstić information content (AvgIpc) is 2.37. The number of hydrogen-bond acceptors (Lipinski definition) is 1. The van der Waals surface area contributed by atoms with Crippen LogP contribution in [0.4, 0.5) is 4.79 Å². The number of unbranched alkanes of at least 4 members (excludes halogenated alkanes) is 1. The van der Waals surface area contributed by atoms with E-state index in [1.54, 1.807) is 0 Å². The summed E-state index contributed by atoms with van der Waals surface area (Å²) in [6.07, 6.45) is 11.9. The first-order chi connectivity index (χ1) is 8.76. The van der Waals surface area contributed by atoms with Crippen LogP contribution in [0.25, 0.3) is 0 Å². The normalized spacial score (nSPS) is 18.3. The maximum Gasteiger partial charge on any atom is 0.315 e. The lowest BCUT2D eigenvalue weighted by molar-refractivity contribution is 0.227. The second kappa shape index (κ2) is 9.23. The van der Waals surface area contributed by atoms with Gasteiger partial charge in [0.2, 0.25) is 0 Å². The van der Waals surface area contributed by atoms with E-state index in [1.807, 2.05) is 0 Å². The molecule has 1 aliphatic rings. The highest BCUT2D eigenvalue weighted by Gasteiger charge is 2.17. The van der Waals surface area contributed by atoms with Crippen LogP contribution in [-0.4, -0.2) is 18.1 Å². The zero-order valence-electron chi connectivity index (χ0n) is 12.1. The van der Waals surface area contributed by atoms with Crippen molar-refractivity contribution < 1.29 is 4.79 Å². The molecular weight excluding hydrogens is 224 g/mol. The summed E-state index contributed by atoms with van der Waals surface area (Å²) in [5, 5.41) is 6.28. The molecule has 0 heterocycles. The highest BCUT2D eigenvalue weighted by Crippen LogP contribution is 2.17. The van der Waals surface area contributed by atoms with Crippen molar-refractivity contribution in [3.8, 4) is 0 Å². The first-order valence-corrected chi connectivity index (χ1v) is 7.83. The van der Waals surface area contributed by atoms with Gasteiger partial charge in [-0.1, -0.05) is 52.4 Å². The Kier molecular flexibility index (Phi) is 7.86. The van der Waals surface area contributed by atoms with E-state index in [-0.39, 0.29) is 6.03 Å². The molecule has 106 valence electrons. The van der Waals surface area contributed by atoms with Crippen molar-refractivity contribution in [2.75, 3.05) is 0 Å². The fourth-order valence-corrected chi connectivity index (χ4v) is 2.75. The summed E-state index contributed by atoms with van der Waals surface area (Å²) >= 11 is 0. The van der Waals surface area contributed by atoms with Crippen LogP contribution in [-0.2, 0) is 0 Å². The van der Waals surface area contributed by atoms with Crippen molar-refractivity contribution in [2.45, 2.75) is 90.1 Å². The average molecular weight is 254 g/mol. The minimum atomic E-state index is 0.0523. The zero-order chi connectivity index (χ0) is 13.2. The van der Waals surface area contributed by atoms with E-state index >= 15 is 0 Å². The van der Waals surface area contributed by atoms with Crippen LogP contribution in [0.3, 0.4) is 0 Å². The fourth-order valence-electron chi connectivity index (χ4n) is 2.75. The van der Waals surface area contributed by atoms with Crippen molar-refractivity contribution in [2.24, 2.45) is 0 Å². The predicted octanol–water partition coefficient (Wildman–Crippen LogP) is 3.98. The molecule has 0 bridgehead atoms. The Balaban J connectivity index is 2.25. The SMILES string of the molecule is CCCCC(CCC)NC(=O)NC1CCCCC1. The van der Waals surface area contributed by atoms with Crippen LogP contribution >= 0.6 is 0 Å². The maximum atomic E-state index is 11.9. The first-order valence-electron chi connectivity index (χ1n) is 7.83. The summed E-state index contributed by atoms with van der Waals surface area (Å²) < 4.78 is 0. The summed E-state index contributed by atoms with van der Waals surface area (Å²) in [5.74, 6) is 0. The fraction of sp³-hybridized carbons (Fsp3) is 0.933. The van der Waals surface area contributed by atoms with E-state index in [0.29, 0.717) is 12.1 Å². The molecule has 3 nitrogen and oxygen atoms in total. The third-order valence-corrected chi connectivity index (χ3v) is 3.82. The van der Waals surface area contributed by atoms with E-state index < -0.39 is 0 Å². The van der Waals surface area contributed by atoms with Crippen LogP contribution in [0, 0.1) is 0 Å². The standard InChI is InChI=1S/C15H30N2O/c1-3-5-10-13(9-4-2)16-15(18)17-14-11-7-6-8-12-14/h13-14H,3-12H2,1-2H3,(H2,16,17,18). The lowest BCUT2D eigenvalue weighted by atomic mass is 9.96. The van der Waals surface area contributed by atoms with Crippen molar-refractivity contribution in [1.29, 1.82) is 0 Å². The predicted molar refractivity (Wildman–Crippen MR) is 76.8 cm³/mol. The molecule has 2 amide bonds. The number of nitrogens with one attached hydrogen (secondary N) is 2.